The van der Waals surface area contributed by atoms with Crippen molar-refractivity contribution in [1.29, 1.82) is 5.26 Å². The van der Waals surface area contributed by atoms with Gasteiger partial charge in [-0.15, -0.1) is 0 Å². The molecule has 3 heterocycles. The molecule has 1 aliphatic carbocycles. The van der Waals surface area contributed by atoms with Gasteiger partial charge < -0.3 is 25.3 Å². The van der Waals surface area contributed by atoms with Gasteiger partial charge in [-0.3, -0.25) is 4.79 Å². The van der Waals surface area contributed by atoms with E-state index in [1.165, 1.54) is 11.8 Å². The molecular formula is C32H37FN8O. The van der Waals surface area contributed by atoms with Crippen molar-refractivity contribution in [1.82, 2.24) is 20.2 Å². The fourth-order valence-corrected chi connectivity index (χ4v) is 5.94. The number of nitriles is 1. The van der Waals surface area contributed by atoms with E-state index in [1.807, 2.05) is 25.1 Å². The molecule has 3 fully saturated rings. The number of nitrogens with zero attached hydrogens (tertiary/aromatic N) is 6. The Hall–Kier alpha value is -4.23. The molecular weight excluding hydrogens is 531 g/mol. The highest BCUT2D eigenvalue weighted by atomic mass is 19.1. The maximum Gasteiger partial charge on any atom is 0.254 e. The van der Waals surface area contributed by atoms with Gasteiger partial charge in [-0.05, 0) is 87.5 Å². The summed E-state index contributed by atoms with van der Waals surface area (Å²) in [6.45, 7) is 6.83. The summed E-state index contributed by atoms with van der Waals surface area (Å²) in [7, 11) is 2.14. The van der Waals surface area contributed by atoms with Crippen molar-refractivity contribution >= 4 is 28.9 Å². The first-order valence-electron chi connectivity index (χ1n) is 14.8. The zero-order chi connectivity index (χ0) is 29.2. The van der Waals surface area contributed by atoms with Gasteiger partial charge in [0.2, 0.25) is 0 Å². The molecule has 0 bridgehead atoms. The number of anilines is 4. The molecule has 3 aliphatic rings. The van der Waals surface area contributed by atoms with Crippen molar-refractivity contribution in [2.45, 2.75) is 50.6 Å². The van der Waals surface area contributed by atoms with Crippen molar-refractivity contribution in [3.63, 3.8) is 0 Å². The van der Waals surface area contributed by atoms with Crippen molar-refractivity contribution in [3.8, 4) is 6.07 Å². The van der Waals surface area contributed by atoms with Gasteiger partial charge >= 0.3 is 0 Å². The van der Waals surface area contributed by atoms with Crippen molar-refractivity contribution in [2.75, 3.05) is 54.9 Å². The van der Waals surface area contributed by atoms with Gasteiger partial charge in [-0.25, -0.2) is 14.4 Å². The first-order chi connectivity index (χ1) is 20.4. The number of benzene rings is 2. The summed E-state index contributed by atoms with van der Waals surface area (Å²) >= 11 is 0. The Morgan fingerprint density at radius 2 is 1.81 bits per heavy atom. The Labute approximate surface area is 246 Å². The highest BCUT2D eigenvalue weighted by Gasteiger charge is 2.32. The first-order valence-corrected chi connectivity index (χ1v) is 14.8. The van der Waals surface area contributed by atoms with Crippen molar-refractivity contribution in [3.05, 3.63) is 71.3 Å². The van der Waals surface area contributed by atoms with Crippen LogP contribution in [0.25, 0.3) is 0 Å². The second-order valence-electron chi connectivity index (χ2n) is 11.7. The number of rotatable bonds is 7. The quantitative estimate of drug-likeness (QED) is 0.425. The van der Waals surface area contributed by atoms with Crippen LogP contribution in [0.5, 0.6) is 0 Å². The van der Waals surface area contributed by atoms with Gasteiger partial charge in [-0.1, -0.05) is 6.07 Å². The number of nitrogens with one attached hydrogen (secondary N) is 2. The minimum absolute atomic E-state index is 0.0759. The number of piperidine rings is 1. The number of carbonyl (C=O) groups is 1. The Morgan fingerprint density at radius 3 is 2.50 bits per heavy atom. The second-order valence-corrected chi connectivity index (χ2v) is 11.7. The van der Waals surface area contributed by atoms with E-state index in [-0.39, 0.29) is 23.3 Å². The Kier molecular flexibility index (Phi) is 7.94. The lowest BCUT2D eigenvalue weighted by atomic mass is 9.96. The maximum absolute atomic E-state index is 14.8. The molecule has 1 amide bonds. The number of piperazine rings is 1. The summed E-state index contributed by atoms with van der Waals surface area (Å²) in [6, 6.07) is 15.0. The highest BCUT2D eigenvalue weighted by Crippen LogP contribution is 2.40. The van der Waals surface area contributed by atoms with E-state index in [1.54, 1.807) is 12.3 Å². The number of aromatic nitrogens is 2. The van der Waals surface area contributed by atoms with Crippen LogP contribution >= 0.6 is 0 Å². The van der Waals surface area contributed by atoms with Crippen molar-refractivity contribution in [2.24, 2.45) is 0 Å². The lowest BCUT2D eigenvalue weighted by Crippen LogP contribution is -2.54. The Bertz CT molecular complexity index is 1480. The molecule has 9 nitrogen and oxygen atoms in total. The largest absolute Gasteiger partial charge is 0.369 e. The van der Waals surface area contributed by atoms with E-state index in [2.05, 4.69) is 55.6 Å². The van der Waals surface area contributed by atoms with E-state index >= 15 is 0 Å². The summed E-state index contributed by atoms with van der Waals surface area (Å²) in [6.07, 6.45) is 5.38. The smallest absolute Gasteiger partial charge is 0.254 e. The van der Waals surface area contributed by atoms with Crippen LogP contribution in [0, 0.1) is 17.1 Å². The summed E-state index contributed by atoms with van der Waals surface area (Å²) in [5.41, 5.74) is 3.25. The molecule has 0 spiro atoms. The van der Waals surface area contributed by atoms with Gasteiger partial charge in [0.25, 0.3) is 5.91 Å². The third-order valence-corrected chi connectivity index (χ3v) is 8.75. The summed E-state index contributed by atoms with van der Waals surface area (Å²) < 4.78 is 14.8. The van der Waals surface area contributed by atoms with Crippen LogP contribution < -0.4 is 20.4 Å². The van der Waals surface area contributed by atoms with Gasteiger partial charge in [0.1, 0.15) is 17.7 Å². The predicted molar refractivity (Wildman–Crippen MR) is 162 cm³/mol. The molecule has 10 heteroatoms. The van der Waals surface area contributed by atoms with E-state index in [0.29, 0.717) is 17.6 Å². The van der Waals surface area contributed by atoms with Crippen LogP contribution in [0.1, 0.15) is 60.1 Å². The SMILES string of the molecule is C[C@@H]1[C@H](NC(=O)c2ccc(C3CC3)cc2F)CCCN1c1cnc(C#N)c(Nc2ccc(N3CCN(C)CC3)cc2)n1. The first kappa shape index (κ1) is 27.9. The molecule has 1 saturated carbocycles. The standard InChI is InChI=1S/C32H37FN8O/c1-21-28(37-32(42)26-12-7-23(18-27(26)33)22-5-6-22)4-3-13-41(21)30-20-35-29(19-34)31(38-30)36-24-8-10-25(11-9-24)40-16-14-39(2)15-17-40/h7-12,18,20-22,28H,3-6,13-17H2,1-2H3,(H,36,38)(H,37,42)/t21-,28-/m1/s1. The lowest BCUT2D eigenvalue weighted by molar-refractivity contribution is 0.0920. The maximum atomic E-state index is 14.8. The molecule has 2 aliphatic heterocycles. The van der Waals surface area contributed by atoms with E-state index < -0.39 is 11.7 Å². The van der Waals surface area contributed by atoms with Gasteiger partial charge in [-0.2, -0.15) is 5.26 Å². The topological polar surface area (TPSA) is 100 Å². The summed E-state index contributed by atoms with van der Waals surface area (Å²) in [5.74, 6) is 0.567. The number of likely N-dealkylation sites (N-methyl/N-ethyl adjacent to an activating group) is 1. The number of carbonyl (C=O) groups excluding carboxylic acids is 1. The zero-order valence-electron chi connectivity index (χ0n) is 24.2. The predicted octanol–water partition coefficient (Wildman–Crippen LogP) is 4.65. The molecule has 0 unspecified atom stereocenters. The molecule has 1 aromatic heterocycles. The summed E-state index contributed by atoms with van der Waals surface area (Å²) in [4.78, 5) is 29.0. The molecule has 6 rings (SSSR count). The van der Waals surface area contributed by atoms with E-state index in [0.717, 1.165) is 69.7 Å². The normalized spacial score (nSPS) is 21.1. The molecule has 2 saturated heterocycles. The fraction of sp³-hybridized carbons (Fsp3) is 0.438. The van der Waals surface area contributed by atoms with Crippen LogP contribution in [-0.4, -0.2) is 72.6 Å². The molecule has 0 radical (unpaired) electrons. The number of hydrogen-bond donors (Lipinski definition) is 2. The van der Waals surface area contributed by atoms with Crippen LogP contribution in [0.15, 0.2) is 48.7 Å². The van der Waals surface area contributed by atoms with E-state index in [4.69, 9.17) is 4.98 Å². The molecule has 218 valence electrons. The van der Waals surface area contributed by atoms with Gasteiger partial charge in [0.05, 0.1) is 11.8 Å². The van der Waals surface area contributed by atoms with Crippen LogP contribution in [0.3, 0.4) is 0 Å². The number of amides is 1. The molecule has 3 aromatic rings. The molecule has 42 heavy (non-hydrogen) atoms. The van der Waals surface area contributed by atoms with Crippen LogP contribution in [-0.2, 0) is 0 Å². The Morgan fingerprint density at radius 1 is 1.05 bits per heavy atom. The lowest BCUT2D eigenvalue weighted by Gasteiger charge is -2.40. The average Bonchev–Trinajstić information content (AvgIpc) is 3.85. The monoisotopic (exact) mass is 568 g/mol. The van der Waals surface area contributed by atoms with Gasteiger partial charge in [0.15, 0.2) is 11.5 Å². The fourth-order valence-electron chi connectivity index (χ4n) is 5.94. The second kappa shape index (κ2) is 11.9. The van der Waals surface area contributed by atoms with Crippen LogP contribution in [0.2, 0.25) is 0 Å². The minimum atomic E-state index is -0.470. The van der Waals surface area contributed by atoms with Crippen LogP contribution in [0.4, 0.5) is 27.4 Å². The average molecular weight is 569 g/mol. The third-order valence-electron chi connectivity index (χ3n) is 8.75. The minimum Gasteiger partial charge on any atom is -0.369 e. The zero-order valence-corrected chi connectivity index (χ0v) is 24.2. The highest BCUT2D eigenvalue weighted by molar-refractivity contribution is 5.94. The molecule has 2 aromatic carbocycles. The molecule has 2 atom stereocenters. The van der Waals surface area contributed by atoms with E-state index in [9.17, 15) is 14.4 Å². The number of hydrogen-bond acceptors (Lipinski definition) is 8. The third kappa shape index (κ3) is 6.02. The number of halogens is 1. The van der Waals surface area contributed by atoms with Crippen molar-refractivity contribution < 1.29 is 9.18 Å². The Balaban J connectivity index is 1.14. The van der Waals surface area contributed by atoms with Gasteiger partial charge in [0, 0.05) is 56.2 Å². The molecule has 2 N–H and O–H groups in total. The summed E-state index contributed by atoms with van der Waals surface area (Å²) in [5, 5.41) is 16.1.